The molecule has 116 valence electrons. The van der Waals surface area contributed by atoms with Crippen LogP contribution in [0.3, 0.4) is 0 Å². The molecule has 1 aromatic carbocycles. The highest BCUT2D eigenvalue weighted by atomic mass is 32.1. The average Bonchev–Trinajstić information content (AvgIpc) is 2.96. The van der Waals surface area contributed by atoms with E-state index in [-0.39, 0.29) is 25.7 Å². The van der Waals surface area contributed by atoms with Crippen LogP contribution in [-0.4, -0.2) is 36.7 Å². The largest absolute Gasteiger partial charge is 0.480 e. The number of hydrogen-bond donors (Lipinski definition) is 2. The molecule has 0 aliphatic carbocycles. The minimum absolute atomic E-state index is 0.170. The van der Waals surface area contributed by atoms with Gasteiger partial charge in [0.1, 0.15) is 6.61 Å². The van der Waals surface area contributed by atoms with Gasteiger partial charge >= 0.3 is 5.97 Å². The number of nitrogens with one attached hydrogen (secondary N) is 1. The van der Waals surface area contributed by atoms with Gasteiger partial charge in [0.2, 0.25) is 0 Å². The fourth-order valence-electron chi connectivity index (χ4n) is 1.92. The third kappa shape index (κ3) is 4.41. The summed E-state index contributed by atoms with van der Waals surface area (Å²) < 4.78 is 4.88. The Morgan fingerprint density at radius 1 is 1.23 bits per heavy atom. The second-order valence-electron chi connectivity index (χ2n) is 4.73. The predicted molar refractivity (Wildman–Crippen MR) is 85.3 cm³/mol. The Hall–Kier alpha value is -2.18. The van der Waals surface area contributed by atoms with Gasteiger partial charge in [0.15, 0.2) is 0 Å². The summed E-state index contributed by atoms with van der Waals surface area (Å²) in [5, 5.41) is 13.1. The summed E-state index contributed by atoms with van der Waals surface area (Å²) in [6.45, 7) is 2.10. The van der Waals surface area contributed by atoms with E-state index in [1.807, 2.05) is 42.6 Å². The molecular formula is C16H17NO4S. The van der Waals surface area contributed by atoms with Crippen LogP contribution in [0, 0.1) is 6.92 Å². The average molecular weight is 319 g/mol. The van der Waals surface area contributed by atoms with Crippen molar-refractivity contribution in [2.45, 2.75) is 6.92 Å². The maximum atomic E-state index is 12.2. The third-order valence-corrected chi connectivity index (χ3v) is 3.90. The van der Waals surface area contributed by atoms with E-state index in [1.54, 1.807) is 0 Å². The van der Waals surface area contributed by atoms with E-state index in [2.05, 4.69) is 5.32 Å². The number of carbonyl (C=O) groups is 2. The zero-order valence-corrected chi connectivity index (χ0v) is 13.0. The second-order valence-corrected chi connectivity index (χ2v) is 5.65. The molecule has 22 heavy (non-hydrogen) atoms. The molecule has 0 spiro atoms. The minimum Gasteiger partial charge on any atom is -0.480 e. The number of carboxylic acids is 1. The summed E-state index contributed by atoms with van der Waals surface area (Å²) in [6.07, 6.45) is 0. The maximum Gasteiger partial charge on any atom is 0.329 e. The van der Waals surface area contributed by atoms with Crippen LogP contribution in [0.1, 0.15) is 15.2 Å². The van der Waals surface area contributed by atoms with Crippen molar-refractivity contribution in [3.8, 4) is 11.1 Å². The van der Waals surface area contributed by atoms with Crippen LogP contribution in [0.15, 0.2) is 35.7 Å². The molecule has 0 bridgehead atoms. The Morgan fingerprint density at radius 2 is 1.95 bits per heavy atom. The van der Waals surface area contributed by atoms with Crippen molar-refractivity contribution in [1.29, 1.82) is 0 Å². The molecule has 2 rings (SSSR count). The summed E-state index contributed by atoms with van der Waals surface area (Å²) in [5.74, 6) is -1.20. The van der Waals surface area contributed by atoms with Crippen molar-refractivity contribution in [2.75, 3.05) is 19.8 Å². The molecule has 0 saturated carbocycles. The number of carbonyl (C=O) groups excluding carboxylic acids is 1. The lowest BCUT2D eigenvalue weighted by atomic mass is 10.0. The first-order valence-electron chi connectivity index (χ1n) is 6.80. The van der Waals surface area contributed by atoms with E-state index >= 15 is 0 Å². The van der Waals surface area contributed by atoms with Crippen LogP contribution in [0.25, 0.3) is 11.1 Å². The Labute approximate surface area is 132 Å². The Morgan fingerprint density at radius 3 is 2.64 bits per heavy atom. The van der Waals surface area contributed by atoms with Crippen LogP contribution in [0.2, 0.25) is 0 Å². The van der Waals surface area contributed by atoms with Gasteiger partial charge in [-0.3, -0.25) is 4.79 Å². The van der Waals surface area contributed by atoms with Gasteiger partial charge in [-0.05, 0) is 23.9 Å². The SMILES string of the molecule is Cc1ccc(-c2ccsc2C(=O)NCCOCC(=O)O)cc1. The number of benzene rings is 1. The quantitative estimate of drug-likeness (QED) is 0.769. The molecule has 0 unspecified atom stereocenters. The number of amides is 1. The van der Waals surface area contributed by atoms with Crippen molar-refractivity contribution in [3.05, 3.63) is 46.2 Å². The smallest absolute Gasteiger partial charge is 0.329 e. The van der Waals surface area contributed by atoms with Crippen LogP contribution in [-0.2, 0) is 9.53 Å². The number of rotatable bonds is 7. The monoisotopic (exact) mass is 319 g/mol. The van der Waals surface area contributed by atoms with E-state index < -0.39 is 5.97 Å². The third-order valence-electron chi connectivity index (χ3n) is 2.99. The van der Waals surface area contributed by atoms with Crippen LogP contribution < -0.4 is 5.32 Å². The molecular weight excluding hydrogens is 302 g/mol. The summed E-state index contributed by atoms with van der Waals surface area (Å²) in [5.41, 5.74) is 3.06. The molecule has 2 N–H and O–H groups in total. The molecule has 1 heterocycles. The molecule has 2 aromatic rings. The first kappa shape index (κ1) is 16.2. The fraction of sp³-hybridized carbons (Fsp3) is 0.250. The molecule has 0 aliphatic heterocycles. The standard InChI is InChI=1S/C16H17NO4S/c1-11-2-4-12(5-3-11)13-6-9-22-15(13)16(20)17-7-8-21-10-14(18)19/h2-6,9H,7-8,10H2,1H3,(H,17,20)(H,18,19). The van der Waals surface area contributed by atoms with E-state index in [1.165, 1.54) is 16.9 Å². The summed E-state index contributed by atoms with van der Waals surface area (Å²) in [7, 11) is 0. The lowest BCUT2D eigenvalue weighted by Gasteiger charge is -2.07. The lowest BCUT2D eigenvalue weighted by Crippen LogP contribution is -2.27. The number of ether oxygens (including phenoxy) is 1. The molecule has 0 saturated heterocycles. The second kappa shape index (κ2) is 7.72. The van der Waals surface area contributed by atoms with E-state index in [9.17, 15) is 9.59 Å². The van der Waals surface area contributed by atoms with Gasteiger partial charge in [-0.2, -0.15) is 0 Å². The molecule has 5 nitrogen and oxygen atoms in total. The first-order chi connectivity index (χ1) is 10.6. The van der Waals surface area contributed by atoms with Crippen LogP contribution in [0.5, 0.6) is 0 Å². The van der Waals surface area contributed by atoms with Crippen molar-refractivity contribution < 1.29 is 19.4 Å². The Balaban J connectivity index is 1.95. The van der Waals surface area contributed by atoms with Gasteiger partial charge in [0.05, 0.1) is 11.5 Å². The highest BCUT2D eigenvalue weighted by Crippen LogP contribution is 2.28. The molecule has 0 fully saturated rings. The number of carboxylic acid groups (broad SMARTS) is 1. The highest BCUT2D eigenvalue weighted by molar-refractivity contribution is 7.12. The van der Waals surface area contributed by atoms with Crippen molar-refractivity contribution in [3.63, 3.8) is 0 Å². The van der Waals surface area contributed by atoms with Gasteiger partial charge in [0, 0.05) is 12.1 Å². The maximum absolute atomic E-state index is 12.2. The zero-order valence-electron chi connectivity index (χ0n) is 12.2. The summed E-state index contributed by atoms with van der Waals surface area (Å²) in [6, 6.07) is 9.92. The number of thiophene rings is 1. The molecule has 0 atom stereocenters. The zero-order chi connectivity index (χ0) is 15.9. The minimum atomic E-state index is -1.02. The molecule has 0 aliphatic rings. The van der Waals surface area contributed by atoms with Gasteiger partial charge in [-0.15, -0.1) is 11.3 Å². The number of aliphatic carboxylic acids is 1. The Kier molecular flexibility index (Phi) is 5.68. The normalized spacial score (nSPS) is 10.4. The number of aryl methyl sites for hydroxylation is 1. The van der Waals surface area contributed by atoms with Gasteiger partial charge in [-0.25, -0.2) is 4.79 Å². The topological polar surface area (TPSA) is 75.6 Å². The summed E-state index contributed by atoms with van der Waals surface area (Å²) in [4.78, 5) is 23.1. The first-order valence-corrected chi connectivity index (χ1v) is 7.68. The van der Waals surface area contributed by atoms with Crippen LogP contribution >= 0.6 is 11.3 Å². The van der Waals surface area contributed by atoms with Crippen LogP contribution in [0.4, 0.5) is 0 Å². The lowest BCUT2D eigenvalue weighted by molar-refractivity contribution is -0.142. The molecule has 0 radical (unpaired) electrons. The van der Waals surface area contributed by atoms with Crippen molar-refractivity contribution in [1.82, 2.24) is 5.32 Å². The molecule has 1 aromatic heterocycles. The fourth-order valence-corrected chi connectivity index (χ4v) is 2.75. The van der Waals surface area contributed by atoms with E-state index in [4.69, 9.17) is 9.84 Å². The van der Waals surface area contributed by atoms with Crippen molar-refractivity contribution >= 4 is 23.2 Å². The summed E-state index contributed by atoms with van der Waals surface area (Å²) >= 11 is 1.38. The van der Waals surface area contributed by atoms with Gasteiger partial charge in [-0.1, -0.05) is 29.8 Å². The van der Waals surface area contributed by atoms with Gasteiger partial charge in [0.25, 0.3) is 5.91 Å². The van der Waals surface area contributed by atoms with Crippen molar-refractivity contribution in [2.24, 2.45) is 0 Å². The molecule has 6 heteroatoms. The Bertz CT molecular complexity index is 648. The molecule has 1 amide bonds. The van der Waals surface area contributed by atoms with E-state index in [0.29, 0.717) is 4.88 Å². The van der Waals surface area contributed by atoms with E-state index in [0.717, 1.165) is 11.1 Å². The highest BCUT2D eigenvalue weighted by Gasteiger charge is 2.14. The van der Waals surface area contributed by atoms with Gasteiger partial charge < -0.3 is 15.2 Å². The predicted octanol–water partition coefficient (Wildman–Crippen LogP) is 2.55. The number of hydrogen-bond acceptors (Lipinski definition) is 4.